The molecule has 0 aliphatic heterocycles. The van der Waals surface area contributed by atoms with Crippen LogP contribution in [-0.2, 0) is 11.3 Å². The molecule has 0 aromatic carbocycles. The molecule has 0 amide bonds. The Hall–Kier alpha value is -1.76. The second-order valence-corrected chi connectivity index (χ2v) is 4.15. The number of H-pyrrole nitrogens is 1. The van der Waals surface area contributed by atoms with Crippen molar-refractivity contribution in [1.29, 1.82) is 0 Å². The summed E-state index contributed by atoms with van der Waals surface area (Å²) in [6.07, 6.45) is 1.77. The van der Waals surface area contributed by atoms with Crippen LogP contribution in [0.1, 0.15) is 26.7 Å². The van der Waals surface area contributed by atoms with Crippen molar-refractivity contribution < 1.29 is 4.74 Å². The molecule has 1 aromatic rings. The molecule has 0 aliphatic rings. The van der Waals surface area contributed by atoms with Gasteiger partial charge in [-0.2, -0.15) is 0 Å². The Morgan fingerprint density at radius 3 is 2.74 bits per heavy atom. The number of aromatic nitrogens is 2. The van der Waals surface area contributed by atoms with E-state index in [1.165, 1.54) is 4.57 Å². The number of aromatic amines is 1. The van der Waals surface area contributed by atoms with Crippen LogP contribution in [0.4, 0.5) is 11.5 Å². The predicted octanol–water partition coefficient (Wildman–Crippen LogP) is 0.367. The number of hydrogen-bond acceptors (Lipinski definition) is 5. The molecule has 0 aliphatic carbocycles. The molecule has 0 spiro atoms. The lowest BCUT2D eigenvalue weighted by atomic mass is 10.3. The Balaban J connectivity index is 2.90. The summed E-state index contributed by atoms with van der Waals surface area (Å²) in [5.41, 5.74) is 5.15. The summed E-state index contributed by atoms with van der Waals surface area (Å²) in [5, 5.41) is 2.91. The summed E-state index contributed by atoms with van der Waals surface area (Å²) in [6, 6.07) is 0. The third kappa shape index (κ3) is 4.13. The number of nitrogens with zero attached hydrogens (tertiary/aromatic N) is 1. The van der Waals surface area contributed by atoms with Gasteiger partial charge in [-0.05, 0) is 13.3 Å². The van der Waals surface area contributed by atoms with Gasteiger partial charge in [0.25, 0.3) is 5.56 Å². The van der Waals surface area contributed by atoms with Crippen LogP contribution < -0.4 is 22.3 Å². The van der Waals surface area contributed by atoms with E-state index in [0.29, 0.717) is 26.3 Å². The molecular weight excluding hydrogens is 248 g/mol. The molecule has 1 aromatic heterocycles. The Kier molecular flexibility index (Phi) is 6.14. The summed E-state index contributed by atoms with van der Waals surface area (Å²) in [7, 11) is 0. The lowest BCUT2D eigenvalue weighted by molar-refractivity contribution is 0.158. The normalized spacial score (nSPS) is 10.6. The van der Waals surface area contributed by atoms with E-state index in [4.69, 9.17) is 10.5 Å². The van der Waals surface area contributed by atoms with Gasteiger partial charge in [0.15, 0.2) is 0 Å². The highest BCUT2D eigenvalue weighted by molar-refractivity contribution is 5.60. The van der Waals surface area contributed by atoms with Crippen molar-refractivity contribution in [2.75, 3.05) is 30.8 Å². The first-order chi connectivity index (χ1) is 9.11. The first-order valence-electron chi connectivity index (χ1n) is 6.56. The highest BCUT2D eigenvalue weighted by atomic mass is 16.5. The molecular formula is C12H22N4O3. The molecule has 19 heavy (non-hydrogen) atoms. The predicted molar refractivity (Wildman–Crippen MR) is 75.6 cm³/mol. The fourth-order valence-corrected chi connectivity index (χ4v) is 1.69. The van der Waals surface area contributed by atoms with Gasteiger partial charge in [-0.1, -0.05) is 13.3 Å². The molecule has 4 N–H and O–H groups in total. The first kappa shape index (κ1) is 15.3. The number of nitrogens with one attached hydrogen (secondary N) is 2. The van der Waals surface area contributed by atoms with Gasteiger partial charge < -0.3 is 15.8 Å². The fraction of sp³-hybridized carbons (Fsp3) is 0.667. The summed E-state index contributed by atoms with van der Waals surface area (Å²) < 4.78 is 6.55. The number of hydrogen-bond donors (Lipinski definition) is 3. The topological polar surface area (TPSA) is 102 Å². The van der Waals surface area contributed by atoms with Crippen molar-refractivity contribution in [3.05, 3.63) is 20.8 Å². The van der Waals surface area contributed by atoms with Gasteiger partial charge in [0, 0.05) is 19.7 Å². The monoisotopic (exact) mass is 270 g/mol. The standard InChI is InChI=1S/C12H22N4O3/c1-3-5-7-16-10(13)9(11(17)15-12(16)18)14-6-8-19-4-2/h14H,3-8,13H2,1-2H3,(H,15,17,18). The van der Waals surface area contributed by atoms with Gasteiger partial charge in [0.2, 0.25) is 0 Å². The Morgan fingerprint density at radius 2 is 2.11 bits per heavy atom. The highest BCUT2D eigenvalue weighted by Gasteiger charge is 2.11. The van der Waals surface area contributed by atoms with Crippen molar-refractivity contribution in [3.63, 3.8) is 0 Å². The number of anilines is 2. The van der Waals surface area contributed by atoms with Crippen molar-refractivity contribution in [2.24, 2.45) is 0 Å². The molecule has 0 radical (unpaired) electrons. The van der Waals surface area contributed by atoms with Crippen LogP contribution in [0.5, 0.6) is 0 Å². The number of rotatable bonds is 8. The lowest BCUT2D eigenvalue weighted by Crippen LogP contribution is -2.34. The van der Waals surface area contributed by atoms with Crippen molar-refractivity contribution in [2.45, 2.75) is 33.2 Å². The van der Waals surface area contributed by atoms with Gasteiger partial charge in [-0.15, -0.1) is 0 Å². The molecule has 7 heteroatoms. The molecule has 0 bridgehead atoms. The van der Waals surface area contributed by atoms with E-state index in [2.05, 4.69) is 10.3 Å². The lowest BCUT2D eigenvalue weighted by Gasteiger charge is -2.13. The molecule has 0 saturated heterocycles. The highest BCUT2D eigenvalue weighted by Crippen LogP contribution is 2.10. The maximum atomic E-state index is 11.7. The van der Waals surface area contributed by atoms with E-state index in [1.54, 1.807) is 0 Å². The van der Waals surface area contributed by atoms with Gasteiger partial charge >= 0.3 is 5.69 Å². The minimum atomic E-state index is -0.494. The Bertz CT molecular complexity index is 507. The zero-order chi connectivity index (χ0) is 14.3. The Morgan fingerprint density at radius 1 is 1.37 bits per heavy atom. The van der Waals surface area contributed by atoms with E-state index >= 15 is 0 Å². The van der Waals surface area contributed by atoms with E-state index < -0.39 is 11.2 Å². The second kappa shape index (κ2) is 7.63. The fourth-order valence-electron chi connectivity index (χ4n) is 1.69. The van der Waals surface area contributed by atoms with E-state index in [9.17, 15) is 9.59 Å². The third-order valence-electron chi connectivity index (χ3n) is 2.73. The molecule has 108 valence electrons. The van der Waals surface area contributed by atoms with Crippen LogP contribution in [0, 0.1) is 0 Å². The van der Waals surface area contributed by atoms with Crippen molar-refractivity contribution >= 4 is 11.5 Å². The van der Waals surface area contributed by atoms with E-state index in [-0.39, 0.29) is 11.5 Å². The Labute approximate surface area is 111 Å². The van der Waals surface area contributed by atoms with Crippen LogP contribution >= 0.6 is 0 Å². The molecule has 0 fully saturated rings. The number of nitrogen functional groups attached to an aromatic ring is 1. The van der Waals surface area contributed by atoms with Crippen LogP contribution in [0.2, 0.25) is 0 Å². The zero-order valence-corrected chi connectivity index (χ0v) is 11.5. The maximum Gasteiger partial charge on any atom is 0.330 e. The summed E-state index contributed by atoms with van der Waals surface area (Å²) in [6.45, 7) is 5.97. The number of ether oxygens (including phenoxy) is 1. The smallest absolute Gasteiger partial charge is 0.330 e. The summed E-state index contributed by atoms with van der Waals surface area (Å²) >= 11 is 0. The minimum Gasteiger partial charge on any atom is -0.383 e. The molecule has 0 unspecified atom stereocenters. The minimum absolute atomic E-state index is 0.179. The van der Waals surface area contributed by atoms with E-state index in [0.717, 1.165) is 12.8 Å². The quantitative estimate of drug-likeness (QED) is 0.592. The SMILES string of the molecule is CCCCn1c(N)c(NCCOCC)c(=O)[nH]c1=O. The average Bonchev–Trinajstić information content (AvgIpc) is 2.37. The van der Waals surface area contributed by atoms with Crippen LogP contribution in [0.3, 0.4) is 0 Å². The van der Waals surface area contributed by atoms with Crippen LogP contribution in [-0.4, -0.2) is 29.3 Å². The van der Waals surface area contributed by atoms with Gasteiger partial charge in [-0.25, -0.2) is 4.79 Å². The molecule has 0 saturated carbocycles. The summed E-state index contributed by atoms with van der Waals surface area (Å²) in [5.74, 6) is 0.179. The van der Waals surface area contributed by atoms with Gasteiger partial charge in [0.1, 0.15) is 11.5 Å². The average molecular weight is 270 g/mol. The number of nitrogens with two attached hydrogens (primary N) is 1. The molecule has 1 rings (SSSR count). The molecule has 7 nitrogen and oxygen atoms in total. The number of unbranched alkanes of at least 4 members (excludes halogenated alkanes) is 1. The summed E-state index contributed by atoms with van der Waals surface area (Å²) in [4.78, 5) is 25.6. The van der Waals surface area contributed by atoms with Crippen LogP contribution in [0.25, 0.3) is 0 Å². The van der Waals surface area contributed by atoms with Gasteiger partial charge in [0.05, 0.1) is 6.61 Å². The second-order valence-electron chi connectivity index (χ2n) is 4.15. The molecule has 1 heterocycles. The maximum absolute atomic E-state index is 11.7. The van der Waals surface area contributed by atoms with Gasteiger partial charge in [-0.3, -0.25) is 14.3 Å². The van der Waals surface area contributed by atoms with Crippen molar-refractivity contribution in [3.8, 4) is 0 Å². The molecule has 0 atom stereocenters. The van der Waals surface area contributed by atoms with E-state index in [1.807, 2.05) is 13.8 Å². The zero-order valence-electron chi connectivity index (χ0n) is 11.5. The van der Waals surface area contributed by atoms with Crippen molar-refractivity contribution in [1.82, 2.24) is 9.55 Å². The first-order valence-corrected chi connectivity index (χ1v) is 6.56. The largest absolute Gasteiger partial charge is 0.383 e. The van der Waals surface area contributed by atoms with Crippen LogP contribution in [0.15, 0.2) is 9.59 Å². The third-order valence-corrected chi connectivity index (χ3v) is 2.73.